The van der Waals surface area contributed by atoms with E-state index in [1.54, 1.807) is 0 Å². The third kappa shape index (κ3) is 49.9. The Balaban J connectivity index is 4.44. The highest BCUT2D eigenvalue weighted by Gasteiger charge is 2.19. The van der Waals surface area contributed by atoms with Crippen molar-refractivity contribution in [3.8, 4) is 0 Å². The molecule has 0 aliphatic carbocycles. The van der Waals surface area contributed by atoms with Crippen LogP contribution < -0.4 is 0 Å². The largest absolute Gasteiger partial charge is 0.462 e. The third-order valence-corrected chi connectivity index (χ3v) is 11.4. The SMILES string of the molecule is CC/C=C\C/C=C\C/C=C\CCCCCCCC(=O)O[C@@H](COC(=O)CCCCCC/C=C\C/C=C\C/C=C\CCCCC)COC(=O)CCCCCCCCCCCCCCCC. The average molecular weight is 893 g/mol. The molecule has 0 heterocycles. The quantitative estimate of drug-likeness (QED) is 0.0262. The molecule has 0 bridgehead atoms. The monoisotopic (exact) mass is 893 g/mol. The number of ether oxygens (including phenoxy) is 3. The predicted molar refractivity (Wildman–Crippen MR) is 274 cm³/mol. The van der Waals surface area contributed by atoms with Gasteiger partial charge in [-0.15, -0.1) is 0 Å². The number of hydrogen-bond acceptors (Lipinski definition) is 6. The molecule has 0 aromatic heterocycles. The number of rotatable bonds is 48. The van der Waals surface area contributed by atoms with E-state index in [-0.39, 0.29) is 31.1 Å². The first-order chi connectivity index (χ1) is 31.5. The second-order valence-electron chi connectivity index (χ2n) is 17.8. The van der Waals surface area contributed by atoms with Gasteiger partial charge in [0.05, 0.1) is 0 Å². The molecule has 6 nitrogen and oxygen atoms in total. The lowest BCUT2D eigenvalue weighted by Crippen LogP contribution is -2.30. The van der Waals surface area contributed by atoms with Crippen LogP contribution in [0.5, 0.6) is 0 Å². The topological polar surface area (TPSA) is 78.9 Å². The maximum absolute atomic E-state index is 12.8. The van der Waals surface area contributed by atoms with E-state index < -0.39 is 6.10 Å². The number of carbonyl (C=O) groups is 3. The number of carbonyl (C=O) groups excluding carboxylic acids is 3. The molecule has 0 N–H and O–H groups in total. The van der Waals surface area contributed by atoms with Gasteiger partial charge >= 0.3 is 17.9 Å². The van der Waals surface area contributed by atoms with Gasteiger partial charge in [-0.25, -0.2) is 0 Å². The minimum Gasteiger partial charge on any atom is -0.462 e. The molecule has 0 unspecified atom stereocenters. The van der Waals surface area contributed by atoms with Crippen molar-refractivity contribution < 1.29 is 28.6 Å². The van der Waals surface area contributed by atoms with E-state index in [0.29, 0.717) is 19.3 Å². The Morgan fingerprint density at radius 3 is 0.984 bits per heavy atom. The van der Waals surface area contributed by atoms with Crippen LogP contribution in [0.4, 0.5) is 0 Å². The fourth-order valence-corrected chi connectivity index (χ4v) is 7.40. The number of hydrogen-bond donors (Lipinski definition) is 0. The molecule has 368 valence electrons. The number of allylic oxidation sites excluding steroid dienone is 12. The minimum atomic E-state index is -0.792. The van der Waals surface area contributed by atoms with Crippen LogP contribution in [0.2, 0.25) is 0 Å². The molecule has 64 heavy (non-hydrogen) atoms. The summed E-state index contributed by atoms with van der Waals surface area (Å²) in [5, 5.41) is 0. The summed E-state index contributed by atoms with van der Waals surface area (Å²) in [6.07, 6.45) is 65.9. The van der Waals surface area contributed by atoms with E-state index in [4.69, 9.17) is 14.2 Å². The minimum absolute atomic E-state index is 0.0881. The van der Waals surface area contributed by atoms with Gasteiger partial charge in [0.2, 0.25) is 0 Å². The smallest absolute Gasteiger partial charge is 0.306 e. The van der Waals surface area contributed by atoms with E-state index >= 15 is 0 Å². The fourth-order valence-electron chi connectivity index (χ4n) is 7.40. The molecule has 0 fully saturated rings. The molecule has 0 amide bonds. The summed E-state index contributed by atoms with van der Waals surface area (Å²) in [6, 6.07) is 0. The van der Waals surface area contributed by atoms with E-state index in [0.717, 1.165) is 122 Å². The summed E-state index contributed by atoms with van der Waals surface area (Å²) in [5.41, 5.74) is 0. The van der Waals surface area contributed by atoms with Crippen LogP contribution >= 0.6 is 0 Å². The van der Waals surface area contributed by atoms with Crippen LogP contribution in [0.3, 0.4) is 0 Å². The molecule has 0 saturated carbocycles. The Labute approximate surface area is 395 Å². The van der Waals surface area contributed by atoms with Gasteiger partial charge in [0.1, 0.15) is 13.2 Å². The van der Waals surface area contributed by atoms with Gasteiger partial charge in [-0.1, -0.05) is 222 Å². The summed E-state index contributed by atoms with van der Waals surface area (Å²) in [5.74, 6) is -0.922. The predicted octanol–water partition coefficient (Wildman–Crippen LogP) is 17.8. The Kier molecular flexibility index (Phi) is 49.9. The highest BCUT2D eigenvalue weighted by molar-refractivity contribution is 5.71. The van der Waals surface area contributed by atoms with Crippen molar-refractivity contribution in [1.29, 1.82) is 0 Å². The molecule has 0 spiro atoms. The molecular formula is C58H100O6. The second-order valence-corrected chi connectivity index (χ2v) is 17.8. The highest BCUT2D eigenvalue weighted by atomic mass is 16.6. The molecular weight excluding hydrogens is 793 g/mol. The maximum Gasteiger partial charge on any atom is 0.306 e. The summed E-state index contributed by atoms with van der Waals surface area (Å²) in [6.45, 7) is 6.48. The summed E-state index contributed by atoms with van der Waals surface area (Å²) >= 11 is 0. The van der Waals surface area contributed by atoms with Gasteiger partial charge in [0.15, 0.2) is 6.10 Å². The zero-order chi connectivity index (χ0) is 46.5. The van der Waals surface area contributed by atoms with Gasteiger partial charge in [-0.3, -0.25) is 14.4 Å². The van der Waals surface area contributed by atoms with Crippen molar-refractivity contribution >= 4 is 17.9 Å². The molecule has 0 aliphatic heterocycles. The lowest BCUT2D eigenvalue weighted by Gasteiger charge is -2.18. The van der Waals surface area contributed by atoms with Crippen LogP contribution in [0.25, 0.3) is 0 Å². The van der Waals surface area contributed by atoms with Crippen molar-refractivity contribution in [3.63, 3.8) is 0 Å². The van der Waals surface area contributed by atoms with Crippen molar-refractivity contribution in [2.75, 3.05) is 13.2 Å². The standard InChI is InChI=1S/C58H100O6/c1-4-7-10-13-16-19-22-25-28-29-31-33-36-39-42-45-48-51-57(60)63-54-55(53-62-56(59)50-47-44-41-38-35-32-27-24-21-18-15-12-9-6-3)64-58(61)52-49-46-43-40-37-34-30-26-23-20-17-14-11-8-5-2/h8,11,16-17,19-20,25-26,28,30-31,33,55H,4-7,9-10,12-15,18,21-24,27,29,32,34-54H2,1-3H3/b11-8-,19-16-,20-17-,28-25-,30-26-,33-31-/t55-/m1/s1. The van der Waals surface area contributed by atoms with Gasteiger partial charge in [-0.2, -0.15) is 0 Å². The van der Waals surface area contributed by atoms with E-state index in [9.17, 15) is 14.4 Å². The van der Waals surface area contributed by atoms with Gasteiger partial charge in [-0.05, 0) is 89.9 Å². The van der Waals surface area contributed by atoms with Crippen LogP contribution in [-0.2, 0) is 28.6 Å². The van der Waals surface area contributed by atoms with Crippen LogP contribution in [0.15, 0.2) is 72.9 Å². The lowest BCUT2D eigenvalue weighted by atomic mass is 10.0. The molecule has 1 atom stereocenters. The first-order valence-electron chi connectivity index (χ1n) is 26.9. The Hall–Kier alpha value is -3.15. The Morgan fingerprint density at radius 2 is 0.609 bits per heavy atom. The number of esters is 3. The van der Waals surface area contributed by atoms with Crippen LogP contribution in [0, 0.1) is 0 Å². The third-order valence-electron chi connectivity index (χ3n) is 11.4. The highest BCUT2D eigenvalue weighted by Crippen LogP contribution is 2.15. The normalized spacial score (nSPS) is 12.6. The van der Waals surface area contributed by atoms with E-state index in [1.807, 2.05) is 0 Å². The molecule has 0 aromatic rings. The van der Waals surface area contributed by atoms with Gasteiger partial charge in [0, 0.05) is 19.3 Å². The van der Waals surface area contributed by atoms with E-state index in [1.165, 1.54) is 96.3 Å². The molecule has 0 aromatic carbocycles. The first kappa shape index (κ1) is 60.9. The summed E-state index contributed by atoms with van der Waals surface area (Å²) in [7, 11) is 0. The fraction of sp³-hybridized carbons (Fsp3) is 0.741. The summed E-state index contributed by atoms with van der Waals surface area (Å²) in [4.78, 5) is 38.0. The molecule has 0 aliphatic rings. The Bertz CT molecular complexity index is 1210. The van der Waals surface area contributed by atoms with Crippen molar-refractivity contribution in [2.24, 2.45) is 0 Å². The van der Waals surface area contributed by atoms with Crippen molar-refractivity contribution in [1.82, 2.24) is 0 Å². The zero-order valence-electron chi connectivity index (χ0n) is 42.0. The zero-order valence-corrected chi connectivity index (χ0v) is 42.0. The van der Waals surface area contributed by atoms with Gasteiger partial charge < -0.3 is 14.2 Å². The van der Waals surface area contributed by atoms with Crippen LogP contribution in [0.1, 0.15) is 258 Å². The first-order valence-corrected chi connectivity index (χ1v) is 26.9. The summed E-state index contributed by atoms with van der Waals surface area (Å²) < 4.78 is 16.8. The molecule has 0 radical (unpaired) electrons. The van der Waals surface area contributed by atoms with Crippen LogP contribution in [-0.4, -0.2) is 37.2 Å². The maximum atomic E-state index is 12.8. The van der Waals surface area contributed by atoms with Crippen molar-refractivity contribution in [3.05, 3.63) is 72.9 Å². The van der Waals surface area contributed by atoms with Gasteiger partial charge in [0.25, 0.3) is 0 Å². The molecule has 6 heteroatoms. The molecule has 0 saturated heterocycles. The lowest BCUT2D eigenvalue weighted by molar-refractivity contribution is -0.167. The second kappa shape index (κ2) is 52.5. The Morgan fingerprint density at radius 1 is 0.328 bits per heavy atom. The van der Waals surface area contributed by atoms with Crippen molar-refractivity contribution in [2.45, 2.75) is 264 Å². The molecule has 0 rings (SSSR count). The number of unbranched alkanes of at least 4 members (excludes halogenated alkanes) is 25. The average Bonchev–Trinajstić information content (AvgIpc) is 3.29. The van der Waals surface area contributed by atoms with E-state index in [2.05, 4.69) is 93.7 Å².